The number of benzene rings is 2. The van der Waals surface area contributed by atoms with Crippen molar-refractivity contribution in [3.05, 3.63) is 51.6 Å². The van der Waals surface area contributed by atoms with E-state index in [4.69, 9.17) is 10.6 Å². The lowest BCUT2D eigenvalue weighted by Gasteiger charge is -2.29. The number of carbonyl (C=O) groups excluding carboxylic acids is 4. The largest absolute Gasteiger partial charge is 0.507 e. The molecule has 11 nitrogen and oxygen atoms in total. The second-order valence-electron chi connectivity index (χ2n) is 8.08. The van der Waals surface area contributed by atoms with Crippen LogP contribution in [0.1, 0.15) is 49.4 Å². The highest BCUT2D eigenvalue weighted by Crippen LogP contribution is 2.47. The molecule has 7 N–H and O–H groups in total. The number of aromatic hydroxyl groups is 2. The molecule has 1 atom stereocenters. The maximum atomic E-state index is 13.3. The van der Waals surface area contributed by atoms with Crippen LogP contribution in [0.3, 0.4) is 0 Å². The molecule has 0 fully saturated rings. The van der Waals surface area contributed by atoms with E-state index >= 15 is 0 Å². The predicted molar refractivity (Wildman–Crippen MR) is 119 cm³/mol. The zero-order chi connectivity index (χ0) is 24.6. The summed E-state index contributed by atoms with van der Waals surface area (Å²) in [4.78, 5) is 50.2. The molecular weight excluding hydrogens is 444 g/mol. The molecule has 34 heavy (non-hydrogen) atoms. The van der Waals surface area contributed by atoms with Gasteiger partial charge in [0.15, 0.2) is 5.78 Å². The Balaban J connectivity index is 1.63. The molecule has 2 aliphatic carbocycles. The Bertz CT molecular complexity index is 1220. The van der Waals surface area contributed by atoms with Gasteiger partial charge in [0.2, 0.25) is 11.7 Å². The fourth-order valence-electron chi connectivity index (χ4n) is 4.59. The van der Waals surface area contributed by atoms with Crippen LogP contribution in [-0.2, 0) is 17.6 Å². The van der Waals surface area contributed by atoms with E-state index < -0.39 is 29.3 Å². The van der Waals surface area contributed by atoms with E-state index in [0.717, 1.165) is 0 Å². The molecule has 11 heteroatoms. The second-order valence-corrected chi connectivity index (χ2v) is 8.08. The van der Waals surface area contributed by atoms with E-state index in [1.165, 1.54) is 13.2 Å². The van der Waals surface area contributed by atoms with Gasteiger partial charge in [-0.2, -0.15) is 0 Å². The highest BCUT2D eigenvalue weighted by Gasteiger charge is 2.41. The molecule has 0 heterocycles. The zero-order valence-electron chi connectivity index (χ0n) is 18.4. The normalized spacial score (nSPS) is 16.1. The number of amides is 3. The average molecular weight is 468 g/mol. The van der Waals surface area contributed by atoms with Crippen LogP contribution in [0.5, 0.6) is 17.2 Å². The van der Waals surface area contributed by atoms with E-state index in [-0.39, 0.29) is 71.2 Å². The Labute approximate surface area is 194 Å². The maximum Gasteiger partial charge on any atom is 0.328 e. The second kappa shape index (κ2) is 9.02. The molecule has 0 saturated heterocycles. The molecule has 0 radical (unpaired) electrons. The van der Waals surface area contributed by atoms with Gasteiger partial charge in [-0.25, -0.2) is 10.6 Å². The number of hydrogen-bond acceptors (Lipinski definition) is 8. The highest BCUT2D eigenvalue weighted by molar-refractivity contribution is 6.31. The van der Waals surface area contributed by atoms with Gasteiger partial charge in [-0.3, -0.25) is 19.8 Å². The number of phenolic OH excluding ortho intramolecular Hbond substituents is 2. The van der Waals surface area contributed by atoms with Crippen molar-refractivity contribution >= 4 is 23.5 Å². The molecule has 178 valence electrons. The third kappa shape index (κ3) is 3.69. The van der Waals surface area contributed by atoms with Gasteiger partial charge in [-0.1, -0.05) is 12.1 Å². The molecule has 0 bridgehead atoms. The molecule has 2 aliphatic rings. The number of rotatable bonds is 5. The summed E-state index contributed by atoms with van der Waals surface area (Å²) in [5.41, 5.74) is 2.14. The van der Waals surface area contributed by atoms with Gasteiger partial charge in [-0.05, 0) is 25.3 Å². The number of nitrogens with two attached hydrogens (primary N) is 1. The van der Waals surface area contributed by atoms with E-state index in [1.807, 2.05) is 5.43 Å². The van der Waals surface area contributed by atoms with Crippen molar-refractivity contribution in [2.75, 3.05) is 20.2 Å². The quantitative estimate of drug-likeness (QED) is 0.101. The molecule has 0 aromatic heterocycles. The molecule has 2 aromatic rings. The number of methoxy groups -OCH3 is 1. The number of ketones is 2. The zero-order valence-corrected chi connectivity index (χ0v) is 18.4. The molecule has 0 saturated carbocycles. The molecule has 1 unspecified atom stereocenters. The Morgan fingerprint density at radius 3 is 2.41 bits per heavy atom. The lowest BCUT2D eigenvalue weighted by Crippen LogP contribution is -2.44. The van der Waals surface area contributed by atoms with Gasteiger partial charge in [0, 0.05) is 35.7 Å². The van der Waals surface area contributed by atoms with Crippen LogP contribution in [0.25, 0.3) is 0 Å². The first-order valence-corrected chi connectivity index (χ1v) is 10.7. The van der Waals surface area contributed by atoms with Crippen LogP contribution >= 0.6 is 0 Å². The maximum absolute atomic E-state index is 13.3. The highest BCUT2D eigenvalue weighted by atomic mass is 16.5. The predicted octanol–water partition coefficient (Wildman–Crippen LogP) is 0.276. The van der Waals surface area contributed by atoms with Gasteiger partial charge in [0.25, 0.3) is 0 Å². The summed E-state index contributed by atoms with van der Waals surface area (Å²) in [6.07, 6.45) is 0.675. The molecule has 4 rings (SSSR count). The van der Waals surface area contributed by atoms with Crippen LogP contribution < -0.4 is 26.6 Å². The monoisotopic (exact) mass is 468 g/mol. The smallest absolute Gasteiger partial charge is 0.328 e. The van der Waals surface area contributed by atoms with Crippen LogP contribution in [0.4, 0.5) is 4.79 Å². The first-order valence-electron chi connectivity index (χ1n) is 10.7. The van der Waals surface area contributed by atoms with Crippen LogP contribution in [0, 0.1) is 5.92 Å². The van der Waals surface area contributed by atoms with Crippen molar-refractivity contribution < 1.29 is 34.1 Å². The summed E-state index contributed by atoms with van der Waals surface area (Å²) in [5.74, 6) is 2.39. The van der Waals surface area contributed by atoms with E-state index in [1.54, 1.807) is 12.1 Å². The molecular formula is C23H24N4O7. The van der Waals surface area contributed by atoms with Crippen LogP contribution in [-0.4, -0.2) is 53.9 Å². The Morgan fingerprint density at radius 2 is 1.71 bits per heavy atom. The van der Waals surface area contributed by atoms with Gasteiger partial charge < -0.3 is 25.6 Å². The SMILES string of the molecule is COc1cccc2c1C(=O)c1c(O)c3c(c(O)c1C2=O)CC(C(=O)NCCNC(=O)NN)CC3. The number of nitrogens with one attached hydrogen (secondary N) is 3. The molecule has 0 spiro atoms. The number of hydrogen-bond donors (Lipinski definition) is 6. The van der Waals surface area contributed by atoms with E-state index in [9.17, 15) is 29.4 Å². The van der Waals surface area contributed by atoms with E-state index in [0.29, 0.717) is 12.0 Å². The molecule has 2 aromatic carbocycles. The topological polar surface area (TPSA) is 180 Å². The fraction of sp³-hybridized carbons (Fsp3) is 0.304. The first kappa shape index (κ1) is 23.1. The summed E-state index contributed by atoms with van der Waals surface area (Å²) >= 11 is 0. The summed E-state index contributed by atoms with van der Waals surface area (Å²) in [5, 5.41) is 27.1. The van der Waals surface area contributed by atoms with Crippen molar-refractivity contribution in [3.8, 4) is 17.2 Å². The lowest BCUT2D eigenvalue weighted by molar-refractivity contribution is -0.125. The Kier molecular flexibility index (Phi) is 6.12. The standard InChI is InChI=1S/C23H24N4O7/c1-34-14-4-2-3-12-15(14)21(31)17-16(19(12)29)20(30)13-9-10(5-6-11(13)18(17)28)22(32)25-7-8-26-23(33)27-24/h2-4,10,28,30H,5-9,24H2,1H3,(H,25,32)(H2,26,27,33). The third-order valence-corrected chi connectivity index (χ3v) is 6.24. The number of fused-ring (bicyclic) bond motifs is 3. The Hall–Kier alpha value is -4.12. The number of carbonyl (C=O) groups is 4. The van der Waals surface area contributed by atoms with Crippen LogP contribution in [0.15, 0.2) is 18.2 Å². The van der Waals surface area contributed by atoms with Gasteiger partial charge in [0.05, 0.1) is 23.8 Å². The Morgan fingerprint density at radius 1 is 1.03 bits per heavy atom. The van der Waals surface area contributed by atoms with Gasteiger partial charge in [0.1, 0.15) is 17.2 Å². The summed E-state index contributed by atoms with van der Waals surface area (Å²) in [7, 11) is 1.38. The summed E-state index contributed by atoms with van der Waals surface area (Å²) in [6, 6.07) is 4.00. The van der Waals surface area contributed by atoms with E-state index in [2.05, 4.69) is 10.6 Å². The fourth-order valence-corrected chi connectivity index (χ4v) is 4.59. The van der Waals surface area contributed by atoms with Crippen molar-refractivity contribution in [1.29, 1.82) is 0 Å². The van der Waals surface area contributed by atoms with Crippen LogP contribution in [0.2, 0.25) is 0 Å². The van der Waals surface area contributed by atoms with Crippen molar-refractivity contribution in [1.82, 2.24) is 16.1 Å². The lowest BCUT2D eigenvalue weighted by atomic mass is 9.75. The van der Waals surface area contributed by atoms with Crippen molar-refractivity contribution in [3.63, 3.8) is 0 Å². The van der Waals surface area contributed by atoms with Crippen molar-refractivity contribution in [2.45, 2.75) is 19.3 Å². The van der Waals surface area contributed by atoms with Gasteiger partial charge >= 0.3 is 6.03 Å². The summed E-state index contributed by atoms with van der Waals surface area (Å²) < 4.78 is 5.23. The minimum atomic E-state index is -0.605. The number of hydrazine groups is 1. The molecule has 0 aliphatic heterocycles. The molecule has 3 amide bonds. The number of urea groups is 1. The number of phenols is 2. The van der Waals surface area contributed by atoms with Gasteiger partial charge in [-0.15, -0.1) is 0 Å². The average Bonchev–Trinajstić information content (AvgIpc) is 2.86. The summed E-state index contributed by atoms with van der Waals surface area (Å²) in [6.45, 7) is 0.333. The number of ether oxygens (including phenoxy) is 1. The minimum absolute atomic E-state index is 0.0436. The first-order chi connectivity index (χ1) is 16.3. The minimum Gasteiger partial charge on any atom is -0.507 e. The third-order valence-electron chi connectivity index (χ3n) is 6.24. The van der Waals surface area contributed by atoms with Crippen molar-refractivity contribution in [2.24, 2.45) is 11.8 Å².